The summed E-state index contributed by atoms with van der Waals surface area (Å²) < 4.78 is 0.898. The van der Waals surface area contributed by atoms with Crippen molar-refractivity contribution in [2.45, 2.75) is 15.3 Å². The number of hydrogen-bond donors (Lipinski definition) is 2. The van der Waals surface area contributed by atoms with E-state index in [1.165, 1.54) is 16.9 Å². The van der Waals surface area contributed by atoms with Gasteiger partial charge in [0.15, 0.2) is 4.34 Å². The monoisotopic (exact) mass is 374 g/mol. The van der Waals surface area contributed by atoms with Crippen molar-refractivity contribution in [1.29, 1.82) is 0 Å². The van der Waals surface area contributed by atoms with Crippen molar-refractivity contribution < 1.29 is 9.90 Å². The fourth-order valence-corrected chi connectivity index (χ4v) is 4.28. The summed E-state index contributed by atoms with van der Waals surface area (Å²) in [6, 6.07) is 16.9. The molecular formula is C17H14N2O2S3. The highest BCUT2D eigenvalue weighted by Gasteiger charge is 2.16. The highest BCUT2D eigenvalue weighted by molar-refractivity contribution is 8.00. The molecule has 1 aromatic heterocycles. The topological polar surface area (TPSA) is 63.1 Å². The average Bonchev–Trinajstić information content (AvgIpc) is 3.09. The Morgan fingerprint density at radius 1 is 1.12 bits per heavy atom. The molecule has 0 spiro atoms. The highest BCUT2D eigenvalue weighted by Crippen LogP contribution is 2.34. The molecule has 1 atom stereocenters. The maximum absolute atomic E-state index is 10.9. The Morgan fingerprint density at radius 2 is 1.83 bits per heavy atom. The largest absolute Gasteiger partial charge is 0.478 e. The molecule has 1 N–H and O–H groups in total. The highest BCUT2D eigenvalue weighted by atomic mass is 32.2. The molecule has 0 saturated carbocycles. The lowest BCUT2D eigenvalue weighted by atomic mass is 10.1. The Hall–Kier alpha value is -1.83. The lowest BCUT2D eigenvalue weighted by Gasteiger charge is -2.07. The van der Waals surface area contributed by atoms with Gasteiger partial charge >= 0.3 is 5.97 Å². The van der Waals surface area contributed by atoms with Crippen molar-refractivity contribution >= 4 is 41.7 Å². The summed E-state index contributed by atoms with van der Waals surface area (Å²) in [5.74, 6) is -0.0900. The van der Waals surface area contributed by atoms with E-state index in [1.807, 2.05) is 18.2 Å². The lowest BCUT2D eigenvalue weighted by molar-refractivity contribution is 0.0697. The molecule has 0 saturated heterocycles. The van der Waals surface area contributed by atoms with E-state index in [0.29, 0.717) is 0 Å². The second kappa shape index (κ2) is 7.83. The van der Waals surface area contributed by atoms with Crippen LogP contribution in [0.4, 0.5) is 0 Å². The minimum atomic E-state index is -0.937. The molecule has 0 aliphatic heterocycles. The van der Waals surface area contributed by atoms with E-state index in [-0.39, 0.29) is 10.8 Å². The third-order valence-electron chi connectivity index (χ3n) is 3.33. The fraction of sp³-hybridized carbons (Fsp3) is 0.118. The van der Waals surface area contributed by atoms with Crippen LogP contribution in [0.25, 0.3) is 0 Å². The maximum Gasteiger partial charge on any atom is 0.335 e. The summed E-state index contributed by atoms with van der Waals surface area (Å²) in [5.41, 5.74) is 2.40. The van der Waals surface area contributed by atoms with Crippen LogP contribution in [-0.2, 0) is 5.75 Å². The normalized spacial score (nSPS) is 12.0. The van der Waals surface area contributed by atoms with Gasteiger partial charge in [0.05, 0.1) is 10.8 Å². The van der Waals surface area contributed by atoms with E-state index >= 15 is 0 Å². The predicted octanol–water partition coefficient (Wildman–Crippen LogP) is 4.55. The van der Waals surface area contributed by atoms with Gasteiger partial charge in [0.2, 0.25) is 0 Å². The zero-order valence-corrected chi connectivity index (χ0v) is 15.0. The molecule has 0 aliphatic rings. The first-order valence-corrected chi connectivity index (χ1v) is 9.47. The van der Waals surface area contributed by atoms with Crippen LogP contribution in [0.3, 0.4) is 0 Å². The molecule has 122 valence electrons. The first-order valence-electron chi connectivity index (χ1n) is 7.15. The van der Waals surface area contributed by atoms with E-state index in [9.17, 15) is 4.79 Å². The third kappa shape index (κ3) is 4.17. The number of thioether (sulfide) groups is 1. The van der Waals surface area contributed by atoms with Crippen molar-refractivity contribution in [1.82, 2.24) is 10.2 Å². The summed E-state index contributed by atoms with van der Waals surface area (Å²) in [6.45, 7) is 0. The minimum absolute atomic E-state index is 0.212. The van der Waals surface area contributed by atoms with Gasteiger partial charge in [0.1, 0.15) is 5.01 Å². The number of carbonyl (C=O) groups is 1. The van der Waals surface area contributed by atoms with Crippen LogP contribution in [0.5, 0.6) is 0 Å². The van der Waals surface area contributed by atoms with Crippen LogP contribution in [0, 0.1) is 0 Å². The van der Waals surface area contributed by atoms with E-state index < -0.39 is 5.97 Å². The molecule has 2 aromatic carbocycles. The SMILES string of the molecule is O=C(O)c1ccc(C(S)c2nnc(SCc3ccccc3)s2)cc1. The van der Waals surface area contributed by atoms with Gasteiger partial charge in [-0.3, -0.25) is 0 Å². The van der Waals surface area contributed by atoms with Crippen molar-refractivity contribution in [2.24, 2.45) is 0 Å². The summed E-state index contributed by atoms with van der Waals surface area (Å²) in [4.78, 5) is 10.9. The number of rotatable bonds is 6. The van der Waals surface area contributed by atoms with Gasteiger partial charge in [0, 0.05) is 5.75 Å². The van der Waals surface area contributed by atoms with Crippen LogP contribution in [-0.4, -0.2) is 21.3 Å². The maximum atomic E-state index is 10.9. The molecule has 7 heteroatoms. The van der Waals surface area contributed by atoms with E-state index in [0.717, 1.165) is 20.7 Å². The molecule has 4 nitrogen and oxygen atoms in total. The fourth-order valence-electron chi connectivity index (χ4n) is 2.06. The van der Waals surface area contributed by atoms with Crippen molar-refractivity contribution in [2.75, 3.05) is 0 Å². The Morgan fingerprint density at radius 3 is 2.50 bits per heavy atom. The molecule has 0 bridgehead atoms. The molecule has 3 aromatic rings. The van der Waals surface area contributed by atoms with E-state index in [1.54, 1.807) is 36.0 Å². The van der Waals surface area contributed by atoms with Crippen LogP contribution in [0.2, 0.25) is 0 Å². The smallest absolute Gasteiger partial charge is 0.335 e. The number of carboxylic acid groups (broad SMARTS) is 1. The van der Waals surface area contributed by atoms with Crippen molar-refractivity contribution in [3.05, 3.63) is 76.3 Å². The van der Waals surface area contributed by atoms with Gasteiger partial charge in [-0.15, -0.1) is 10.2 Å². The van der Waals surface area contributed by atoms with Gasteiger partial charge < -0.3 is 5.11 Å². The summed E-state index contributed by atoms with van der Waals surface area (Å²) >= 11 is 7.76. The average molecular weight is 375 g/mol. The molecule has 0 fully saturated rings. The minimum Gasteiger partial charge on any atom is -0.478 e. The first kappa shape index (κ1) is 17.0. The van der Waals surface area contributed by atoms with Gasteiger partial charge in [0.25, 0.3) is 0 Å². The first-order chi connectivity index (χ1) is 11.6. The Labute approximate surface area is 153 Å². The molecule has 0 amide bonds. The van der Waals surface area contributed by atoms with Gasteiger partial charge in [-0.2, -0.15) is 12.6 Å². The summed E-state index contributed by atoms with van der Waals surface area (Å²) in [7, 11) is 0. The molecular weight excluding hydrogens is 360 g/mol. The van der Waals surface area contributed by atoms with Gasteiger partial charge in [-0.25, -0.2) is 4.79 Å². The zero-order valence-electron chi connectivity index (χ0n) is 12.5. The number of nitrogens with zero attached hydrogens (tertiary/aromatic N) is 2. The number of benzene rings is 2. The van der Waals surface area contributed by atoms with Crippen molar-refractivity contribution in [3.8, 4) is 0 Å². The van der Waals surface area contributed by atoms with Crippen molar-refractivity contribution in [3.63, 3.8) is 0 Å². The van der Waals surface area contributed by atoms with Gasteiger partial charge in [-0.1, -0.05) is 65.6 Å². The van der Waals surface area contributed by atoms with Gasteiger partial charge in [-0.05, 0) is 23.3 Å². The quantitative estimate of drug-likeness (QED) is 0.490. The molecule has 24 heavy (non-hydrogen) atoms. The standard InChI is InChI=1S/C17H14N2O2S3/c20-16(21)13-8-6-12(7-9-13)14(22)15-18-19-17(24-15)23-10-11-4-2-1-3-5-11/h1-9,14,22H,10H2,(H,20,21). The summed E-state index contributed by atoms with van der Waals surface area (Å²) in [5, 5.41) is 18.0. The molecule has 1 heterocycles. The zero-order chi connectivity index (χ0) is 16.9. The summed E-state index contributed by atoms with van der Waals surface area (Å²) in [6.07, 6.45) is 0. The van der Waals surface area contributed by atoms with E-state index in [2.05, 4.69) is 35.0 Å². The van der Waals surface area contributed by atoms with Crippen LogP contribution < -0.4 is 0 Å². The lowest BCUT2D eigenvalue weighted by Crippen LogP contribution is -1.98. The Bertz CT molecular complexity index is 819. The Balaban J connectivity index is 1.66. The second-order valence-corrected chi connectivity index (χ2v) is 7.76. The number of carboxylic acids is 1. The van der Waals surface area contributed by atoms with Crippen LogP contribution in [0.15, 0.2) is 58.9 Å². The predicted molar refractivity (Wildman–Crippen MR) is 100 cm³/mol. The molecule has 0 radical (unpaired) electrons. The second-order valence-electron chi connectivity index (χ2n) is 5.01. The number of aromatic carboxylic acids is 1. The molecule has 1 unspecified atom stereocenters. The molecule has 0 aliphatic carbocycles. The van der Waals surface area contributed by atoms with Crippen LogP contribution in [0.1, 0.15) is 31.7 Å². The van der Waals surface area contributed by atoms with E-state index in [4.69, 9.17) is 5.11 Å². The molecule has 3 rings (SSSR count). The number of aromatic nitrogens is 2. The Kier molecular flexibility index (Phi) is 5.55. The third-order valence-corrected chi connectivity index (χ3v) is 6.24. The number of hydrogen-bond acceptors (Lipinski definition) is 6. The number of thiol groups is 1. The van der Waals surface area contributed by atoms with Crippen LogP contribution >= 0.6 is 35.7 Å².